The van der Waals surface area contributed by atoms with Crippen molar-refractivity contribution in [2.24, 2.45) is 0 Å². The first kappa shape index (κ1) is 20.1. The minimum absolute atomic E-state index is 0.194. The van der Waals surface area contributed by atoms with Crippen LogP contribution in [0, 0.1) is 0 Å². The van der Waals surface area contributed by atoms with Gasteiger partial charge in [-0.3, -0.25) is 4.79 Å². The maximum atomic E-state index is 12.0. The molecule has 3 aromatic rings. The highest BCUT2D eigenvalue weighted by molar-refractivity contribution is 7.92. The van der Waals surface area contributed by atoms with Crippen LogP contribution in [0.4, 0.5) is 0 Å². The fraction of sp³-hybridized carbons (Fsp3) is 0.136. The van der Waals surface area contributed by atoms with Gasteiger partial charge in [-0.1, -0.05) is 66.7 Å². The molecular formula is C22H19ClO4S. The summed E-state index contributed by atoms with van der Waals surface area (Å²) >= 11 is 5.47. The highest BCUT2D eigenvalue weighted by atomic mass is 35.5. The molecule has 144 valence electrons. The zero-order chi connectivity index (χ0) is 20.0. The van der Waals surface area contributed by atoms with Crippen LogP contribution in [0.3, 0.4) is 0 Å². The van der Waals surface area contributed by atoms with Crippen molar-refractivity contribution in [3.63, 3.8) is 0 Å². The Kier molecular flexibility index (Phi) is 6.49. The number of carbonyl (C=O) groups excluding carboxylic acids is 1. The highest BCUT2D eigenvalue weighted by Gasteiger charge is 2.12. The topological polar surface area (TPSA) is 60.4 Å². The number of rotatable bonds is 7. The van der Waals surface area contributed by atoms with Crippen LogP contribution >= 0.6 is 11.6 Å². The van der Waals surface area contributed by atoms with Gasteiger partial charge in [-0.2, -0.15) is 0 Å². The highest BCUT2D eigenvalue weighted by Crippen LogP contribution is 2.23. The molecule has 3 rings (SSSR count). The second kappa shape index (κ2) is 9.04. The molecule has 28 heavy (non-hydrogen) atoms. The Bertz CT molecular complexity index is 1030. The van der Waals surface area contributed by atoms with Crippen LogP contribution < -0.4 is 0 Å². The number of hydrogen-bond donors (Lipinski definition) is 0. The van der Waals surface area contributed by atoms with Gasteiger partial charge in [0.25, 0.3) is 0 Å². The number of esters is 1. The van der Waals surface area contributed by atoms with Crippen molar-refractivity contribution >= 4 is 27.4 Å². The van der Waals surface area contributed by atoms with E-state index in [0.717, 1.165) is 22.3 Å². The van der Waals surface area contributed by atoms with E-state index in [1.54, 1.807) is 24.3 Å². The first-order valence-electron chi connectivity index (χ1n) is 8.65. The van der Waals surface area contributed by atoms with Gasteiger partial charge in [0.15, 0.2) is 9.84 Å². The van der Waals surface area contributed by atoms with Gasteiger partial charge < -0.3 is 4.74 Å². The van der Waals surface area contributed by atoms with E-state index in [2.05, 4.69) is 0 Å². The predicted octanol–water partition coefficient (Wildman–Crippen LogP) is 4.61. The molecule has 3 aromatic carbocycles. The lowest BCUT2D eigenvalue weighted by Gasteiger charge is -2.07. The van der Waals surface area contributed by atoms with Crippen molar-refractivity contribution < 1.29 is 17.9 Å². The zero-order valence-electron chi connectivity index (χ0n) is 15.0. The Morgan fingerprint density at radius 1 is 0.786 bits per heavy atom. The van der Waals surface area contributed by atoms with Crippen LogP contribution in [0.2, 0.25) is 0 Å². The molecular weight excluding hydrogens is 396 g/mol. The van der Waals surface area contributed by atoms with Crippen LogP contribution in [0.25, 0.3) is 11.1 Å². The molecule has 0 radical (unpaired) electrons. The standard InChI is InChI=1S/C22H19ClO4S/c23-16-28(25,26)21-12-10-20(11-13-21)19-8-6-17(7-9-19)14-22(24)27-15-18-4-2-1-3-5-18/h1-13H,14-16H2. The molecule has 0 heterocycles. The number of ether oxygens (including phenoxy) is 1. The van der Waals surface area contributed by atoms with Crippen LogP contribution in [0.5, 0.6) is 0 Å². The lowest BCUT2D eigenvalue weighted by molar-refractivity contribution is -0.144. The Balaban J connectivity index is 1.61. The van der Waals surface area contributed by atoms with E-state index in [1.165, 1.54) is 0 Å². The van der Waals surface area contributed by atoms with E-state index >= 15 is 0 Å². The first-order valence-corrected chi connectivity index (χ1v) is 10.8. The second-order valence-corrected chi connectivity index (χ2v) is 8.84. The molecule has 0 N–H and O–H groups in total. The number of sulfone groups is 1. The molecule has 0 atom stereocenters. The lowest BCUT2D eigenvalue weighted by Crippen LogP contribution is -2.07. The molecule has 0 aliphatic carbocycles. The molecule has 0 saturated heterocycles. The van der Waals surface area contributed by atoms with E-state index in [1.807, 2.05) is 54.6 Å². The van der Waals surface area contributed by atoms with Gasteiger partial charge in [0.1, 0.15) is 11.8 Å². The molecule has 0 amide bonds. The smallest absolute Gasteiger partial charge is 0.310 e. The van der Waals surface area contributed by atoms with E-state index in [4.69, 9.17) is 16.3 Å². The molecule has 0 aliphatic rings. The van der Waals surface area contributed by atoms with Crippen molar-refractivity contribution in [2.45, 2.75) is 17.9 Å². The van der Waals surface area contributed by atoms with Crippen molar-refractivity contribution in [3.05, 3.63) is 90.0 Å². The number of carbonyl (C=O) groups is 1. The third-order valence-corrected chi connectivity index (χ3v) is 6.37. The summed E-state index contributed by atoms with van der Waals surface area (Å²) in [6.07, 6.45) is 0.194. The average molecular weight is 415 g/mol. The van der Waals surface area contributed by atoms with Crippen molar-refractivity contribution in [3.8, 4) is 11.1 Å². The van der Waals surface area contributed by atoms with Gasteiger partial charge in [-0.15, -0.1) is 11.6 Å². The van der Waals surface area contributed by atoms with Gasteiger partial charge in [-0.25, -0.2) is 8.42 Å². The Morgan fingerprint density at radius 2 is 1.36 bits per heavy atom. The van der Waals surface area contributed by atoms with Crippen LogP contribution in [-0.4, -0.2) is 19.6 Å². The van der Waals surface area contributed by atoms with Gasteiger partial charge in [-0.05, 0) is 34.4 Å². The van der Waals surface area contributed by atoms with Crippen molar-refractivity contribution in [1.82, 2.24) is 0 Å². The summed E-state index contributed by atoms with van der Waals surface area (Å²) in [7, 11) is -3.43. The van der Waals surface area contributed by atoms with E-state index in [0.29, 0.717) is 0 Å². The van der Waals surface area contributed by atoms with Gasteiger partial charge in [0.2, 0.25) is 0 Å². The molecule has 0 fully saturated rings. The van der Waals surface area contributed by atoms with E-state index in [-0.39, 0.29) is 23.9 Å². The molecule has 0 aliphatic heterocycles. The van der Waals surface area contributed by atoms with Crippen LogP contribution in [0.1, 0.15) is 11.1 Å². The molecule has 6 heteroatoms. The SMILES string of the molecule is O=C(Cc1ccc(-c2ccc(S(=O)(=O)CCl)cc2)cc1)OCc1ccccc1. The number of halogens is 1. The fourth-order valence-electron chi connectivity index (χ4n) is 2.69. The fourth-order valence-corrected chi connectivity index (χ4v) is 3.74. The molecule has 0 bridgehead atoms. The maximum Gasteiger partial charge on any atom is 0.310 e. The monoisotopic (exact) mass is 414 g/mol. The largest absolute Gasteiger partial charge is 0.461 e. The first-order chi connectivity index (χ1) is 13.5. The molecule has 0 unspecified atom stereocenters. The summed E-state index contributed by atoms with van der Waals surface area (Å²) in [5.74, 6) is -0.285. The lowest BCUT2D eigenvalue weighted by atomic mass is 10.0. The molecule has 0 spiro atoms. The Hall–Kier alpha value is -2.63. The van der Waals surface area contributed by atoms with Crippen molar-refractivity contribution in [1.29, 1.82) is 0 Å². The summed E-state index contributed by atoms with van der Waals surface area (Å²) in [4.78, 5) is 12.2. The van der Waals surface area contributed by atoms with E-state index in [9.17, 15) is 13.2 Å². The van der Waals surface area contributed by atoms with Gasteiger partial charge in [0, 0.05) is 0 Å². The number of alkyl halides is 1. The van der Waals surface area contributed by atoms with Gasteiger partial charge >= 0.3 is 5.97 Å². The normalized spacial score (nSPS) is 11.2. The predicted molar refractivity (Wildman–Crippen MR) is 110 cm³/mol. The average Bonchev–Trinajstić information content (AvgIpc) is 2.74. The summed E-state index contributed by atoms with van der Waals surface area (Å²) in [6.45, 7) is 0.259. The summed E-state index contributed by atoms with van der Waals surface area (Å²) < 4.78 is 28.8. The summed E-state index contributed by atoms with van der Waals surface area (Å²) in [5.41, 5.74) is 3.61. The number of hydrogen-bond acceptors (Lipinski definition) is 4. The van der Waals surface area contributed by atoms with Gasteiger partial charge in [0.05, 0.1) is 11.3 Å². The molecule has 4 nitrogen and oxygen atoms in total. The number of benzene rings is 3. The summed E-state index contributed by atoms with van der Waals surface area (Å²) in [6, 6.07) is 23.6. The minimum atomic E-state index is -3.43. The second-order valence-electron chi connectivity index (χ2n) is 6.27. The van der Waals surface area contributed by atoms with Crippen LogP contribution in [0.15, 0.2) is 83.8 Å². The summed E-state index contributed by atoms with van der Waals surface area (Å²) in [5, 5.41) is -0.443. The maximum absolute atomic E-state index is 12.0. The molecule has 0 aromatic heterocycles. The van der Waals surface area contributed by atoms with Crippen LogP contribution in [-0.2, 0) is 32.4 Å². The quantitative estimate of drug-likeness (QED) is 0.418. The third kappa shape index (κ3) is 5.21. The Morgan fingerprint density at radius 3 is 1.93 bits per heavy atom. The van der Waals surface area contributed by atoms with E-state index < -0.39 is 15.0 Å². The molecule has 0 saturated carbocycles. The third-order valence-electron chi connectivity index (χ3n) is 4.24. The van der Waals surface area contributed by atoms with Crippen molar-refractivity contribution in [2.75, 3.05) is 5.21 Å². The zero-order valence-corrected chi connectivity index (χ0v) is 16.6. The Labute approximate surface area is 169 Å². The minimum Gasteiger partial charge on any atom is -0.461 e.